The van der Waals surface area contributed by atoms with Crippen LogP contribution in [0.1, 0.15) is 13.3 Å². The minimum atomic E-state index is -1.06. The number of aliphatic carboxylic acids is 1. The second-order valence-electron chi connectivity index (χ2n) is 5.32. The van der Waals surface area contributed by atoms with Crippen LogP contribution in [0.2, 0.25) is 0 Å². The molecular weight excluding hydrogens is 300 g/mol. The van der Waals surface area contributed by atoms with Gasteiger partial charge in [0, 0.05) is 19.5 Å². The van der Waals surface area contributed by atoms with Crippen LogP contribution in [-0.4, -0.2) is 54.5 Å². The number of carboxylic acids is 1. The number of likely N-dealkylation sites (N-methyl/N-ethyl adjacent to an activating group) is 1. The van der Waals surface area contributed by atoms with Crippen molar-refractivity contribution in [3.8, 4) is 5.75 Å². The predicted octanol–water partition coefficient (Wildman–Crippen LogP) is 0.981. The molecule has 1 atom stereocenters. The van der Waals surface area contributed by atoms with Crippen LogP contribution < -0.4 is 9.64 Å². The number of anilines is 1. The second kappa shape index (κ2) is 7.13. The van der Waals surface area contributed by atoms with E-state index in [4.69, 9.17) is 9.84 Å². The van der Waals surface area contributed by atoms with Gasteiger partial charge in [-0.25, -0.2) is 0 Å². The molecule has 23 heavy (non-hydrogen) atoms. The van der Waals surface area contributed by atoms with E-state index in [1.54, 1.807) is 31.2 Å². The van der Waals surface area contributed by atoms with Crippen molar-refractivity contribution in [2.45, 2.75) is 13.3 Å². The van der Waals surface area contributed by atoms with E-state index in [1.165, 1.54) is 16.9 Å². The molecule has 1 unspecified atom stereocenters. The van der Waals surface area contributed by atoms with E-state index in [-0.39, 0.29) is 31.3 Å². The predicted molar refractivity (Wildman–Crippen MR) is 83.3 cm³/mol. The molecule has 1 fully saturated rings. The summed E-state index contributed by atoms with van der Waals surface area (Å²) in [4.78, 5) is 38.3. The van der Waals surface area contributed by atoms with Crippen LogP contribution in [0, 0.1) is 5.92 Å². The van der Waals surface area contributed by atoms with E-state index < -0.39 is 11.9 Å². The van der Waals surface area contributed by atoms with Crippen molar-refractivity contribution in [3.05, 3.63) is 24.3 Å². The number of carbonyl (C=O) groups excluding carboxylic acids is 2. The monoisotopic (exact) mass is 320 g/mol. The zero-order valence-electron chi connectivity index (χ0n) is 13.2. The van der Waals surface area contributed by atoms with Crippen LogP contribution in [0.5, 0.6) is 5.75 Å². The molecule has 1 aromatic rings. The van der Waals surface area contributed by atoms with Crippen LogP contribution in [0.25, 0.3) is 0 Å². The van der Waals surface area contributed by atoms with E-state index in [0.717, 1.165) is 0 Å². The molecule has 1 heterocycles. The molecular formula is C16H20N2O5. The fourth-order valence-electron chi connectivity index (χ4n) is 2.73. The molecule has 124 valence electrons. The number of benzene rings is 1. The number of hydrogen-bond acceptors (Lipinski definition) is 4. The summed E-state index contributed by atoms with van der Waals surface area (Å²) in [6.07, 6.45) is 0.0764. The average Bonchev–Trinajstić information content (AvgIpc) is 2.93. The molecule has 1 saturated heterocycles. The van der Waals surface area contributed by atoms with Crippen molar-refractivity contribution in [1.29, 1.82) is 0 Å². The second-order valence-corrected chi connectivity index (χ2v) is 5.32. The van der Waals surface area contributed by atoms with Crippen LogP contribution in [0.15, 0.2) is 24.3 Å². The Hall–Kier alpha value is -2.57. The third kappa shape index (κ3) is 3.61. The van der Waals surface area contributed by atoms with Crippen molar-refractivity contribution in [2.24, 2.45) is 5.92 Å². The normalized spacial score (nSPS) is 17.2. The molecule has 0 aromatic heterocycles. The standard InChI is InChI=1S/C16H20N2O5/c1-3-17(10-15(20)21)16(22)11-8-14(19)18(9-11)12-6-4-5-7-13(12)23-2/h4-7,11H,3,8-10H2,1-2H3,(H,20,21). The molecule has 1 aromatic carbocycles. The van der Waals surface area contributed by atoms with Crippen molar-refractivity contribution in [1.82, 2.24) is 4.90 Å². The maximum Gasteiger partial charge on any atom is 0.323 e. The molecule has 1 aliphatic heterocycles. The van der Waals surface area contributed by atoms with Crippen molar-refractivity contribution in [2.75, 3.05) is 31.6 Å². The summed E-state index contributed by atoms with van der Waals surface area (Å²) < 4.78 is 5.26. The Labute approximate surface area is 134 Å². The topological polar surface area (TPSA) is 87.2 Å². The fraction of sp³-hybridized carbons (Fsp3) is 0.438. The quantitative estimate of drug-likeness (QED) is 0.844. The van der Waals surface area contributed by atoms with Crippen molar-refractivity contribution in [3.63, 3.8) is 0 Å². The third-order valence-electron chi connectivity index (χ3n) is 3.87. The van der Waals surface area contributed by atoms with Crippen molar-refractivity contribution >= 4 is 23.5 Å². The highest BCUT2D eigenvalue weighted by molar-refractivity contribution is 6.01. The van der Waals surface area contributed by atoms with Gasteiger partial charge in [-0.2, -0.15) is 0 Å². The molecule has 0 radical (unpaired) electrons. The summed E-state index contributed by atoms with van der Waals surface area (Å²) >= 11 is 0. The van der Waals surface area contributed by atoms with Crippen molar-refractivity contribution < 1.29 is 24.2 Å². The van der Waals surface area contributed by atoms with Gasteiger partial charge in [0.1, 0.15) is 12.3 Å². The van der Waals surface area contributed by atoms with Gasteiger partial charge in [0.15, 0.2) is 0 Å². The maximum absolute atomic E-state index is 12.4. The fourth-order valence-corrected chi connectivity index (χ4v) is 2.73. The van der Waals surface area contributed by atoms with E-state index in [0.29, 0.717) is 18.0 Å². The van der Waals surface area contributed by atoms with Gasteiger partial charge in [0.25, 0.3) is 0 Å². The Morgan fingerprint density at radius 1 is 1.39 bits per heavy atom. The number of amides is 2. The lowest BCUT2D eigenvalue weighted by molar-refractivity contribution is -0.146. The van der Waals surface area contributed by atoms with Gasteiger partial charge in [0.2, 0.25) is 11.8 Å². The summed E-state index contributed by atoms with van der Waals surface area (Å²) in [6.45, 7) is 1.89. The molecule has 0 saturated carbocycles. The van der Waals surface area contributed by atoms with Gasteiger partial charge in [-0.1, -0.05) is 12.1 Å². The van der Waals surface area contributed by atoms with Gasteiger partial charge in [-0.15, -0.1) is 0 Å². The molecule has 1 N–H and O–H groups in total. The van der Waals surface area contributed by atoms with Crippen LogP contribution in [0.3, 0.4) is 0 Å². The lowest BCUT2D eigenvalue weighted by Gasteiger charge is -2.23. The molecule has 0 bridgehead atoms. The summed E-state index contributed by atoms with van der Waals surface area (Å²) in [5, 5.41) is 8.87. The molecule has 2 rings (SSSR count). The average molecular weight is 320 g/mol. The number of para-hydroxylation sites is 2. The molecule has 7 nitrogen and oxygen atoms in total. The van der Waals surface area contributed by atoms with Crippen LogP contribution in [0.4, 0.5) is 5.69 Å². The minimum absolute atomic E-state index is 0.0764. The molecule has 0 aliphatic carbocycles. The Bertz CT molecular complexity index is 616. The number of methoxy groups -OCH3 is 1. The van der Waals surface area contributed by atoms with E-state index in [1.807, 2.05) is 0 Å². The number of nitrogens with zero attached hydrogens (tertiary/aromatic N) is 2. The molecule has 7 heteroatoms. The number of carbonyl (C=O) groups is 3. The van der Waals surface area contributed by atoms with E-state index in [2.05, 4.69) is 0 Å². The highest BCUT2D eigenvalue weighted by Gasteiger charge is 2.38. The van der Waals surface area contributed by atoms with Gasteiger partial charge in [-0.05, 0) is 19.1 Å². The van der Waals surface area contributed by atoms with Crippen LogP contribution in [-0.2, 0) is 14.4 Å². The summed E-state index contributed by atoms with van der Waals surface area (Å²) in [7, 11) is 1.52. The minimum Gasteiger partial charge on any atom is -0.495 e. The van der Waals surface area contributed by atoms with Gasteiger partial charge in [0.05, 0.1) is 18.7 Å². The molecule has 2 amide bonds. The SMILES string of the molecule is CCN(CC(=O)O)C(=O)C1CC(=O)N(c2ccccc2OC)C1. The Kier molecular flexibility index (Phi) is 5.20. The maximum atomic E-state index is 12.4. The van der Waals surface area contributed by atoms with Gasteiger partial charge >= 0.3 is 5.97 Å². The first kappa shape index (κ1) is 16.8. The summed E-state index contributed by atoms with van der Waals surface area (Å²) in [6, 6.07) is 7.11. The van der Waals surface area contributed by atoms with E-state index in [9.17, 15) is 14.4 Å². The first-order valence-electron chi connectivity index (χ1n) is 7.41. The smallest absolute Gasteiger partial charge is 0.323 e. The van der Waals surface area contributed by atoms with Gasteiger partial charge in [-0.3, -0.25) is 14.4 Å². The number of rotatable bonds is 6. The van der Waals surface area contributed by atoms with Crippen LogP contribution >= 0.6 is 0 Å². The lowest BCUT2D eigenvalue weighted by atomic mass is 10.1. The summed E-state index contributed by atoms with van der Waals surface area (Å²) in [5.41, 5.74) is 0.622. The lowest BCUT2D eigenvalue weighted by Crippen LogP contribution is -2.40. The Morgan fingerprint density at radius 2 is 2.09 bits per heavy atom. The van der Waals surface area contributed by atoms with Gasteiger partial charge < -0.3 is 19.6 Å². The number of ether oxygens (including phenoxy) is 1. The highest BCUT2D eigenvalue weighted by atomic mass is 16.5. The largest absolute Gasteiger partial charge is 0.495 e. The third-order valence-corrected chi connectivity index (χ3v) is 3.87. The zero-order valence-corrected chi connectivity index (χ0v) is 13.2. The molecule has 0 spiro atoms. The van der Waals surface area contributed by atoms with E-state index >= 15 is 0 Å². The highest BCUT2D eigenvalue weighted by Crippen LogP contribution is 2.33. The number of carboxylic acid groups (broad SMARTS) is 1. The first-order valence-corrected chi connectivity index (χ1v) is 7.41. The summed E-state index contributed by atoms with van der Waals surface area (Å²) in [5.74, 6) is -1.51. The number of hydrogen-bond donors (Lipinski definition) is 1. The Morgan fingerprint density at radius 3 is 2.70 bits per heavy atom. The first-order chi connectivity index (χ1) is 11.0. The molecule has 1 aliphatic rings. The zero-order chi connectivity index (χ0) is 17.0. The Balaban J connectivity index is 2.16.